The molecule has 0 saturated carbocycles. The Kier molecular flexibility index (Phi) is 6.93. The van der Waals surface area contributed by atoms with E-state index in [4.69, 9.17) is 9.47 Å². The molecule has 1 amide bonds. The third-order valence-electron chi connectivity index (χ3n) is 5.92. The third-order valence-corrected chi connectivity index (χ3v) is 7.00. The van der Waals surface area contributed by atoms with Crippen molar-refractivity contribution in [3.05, 3.63) is 76.3 Å². The number of aromatic nitrogens is 1. The van der Waals surface area contributed by atoms with Crippen molar-refractivity contribution >= 4 is 33.1 Å². The fraction of sp³-hybridized carbons (Fsp3) is 0.231. The summed E-state index contributed by atoms with van der Waals surface area (Å²) in [7, 11) is 1.39. The van der Waals surface area contributed by atoms with Crippen molar-refractivity contribution in [2.75, 3.05) is 19.0 Å². The van der Waals surface area contributed by atoms with Gasteiger partial charge in [-0.3, -0.25) is 4.79 Å². The Morgan fingerprint density at radius 2 is 1.84 bits per heavy atom. The topological polar surface area (TPSA) is 72.5 Å². The molecule has 0 spiro atoms. The number of nitrogens with zero attached hydrogens (tertiary/aromatic N) is 1. The van der Waals surface area contributed by atoms with Gasteiger partial charge in [-0.2, -0.15) is 13.2 Å². The highest BCUT2D eigenvalue weighted by Gasteiger charge is 2.32. The summed E-state index contributed by atoms with van der Waals surface area (Å²) in [6.07, 6.45) is -8.04. The van der Waals surface area contributed by atoms with E-state index in [9.17, 15) is 26.7 Å². The number of benzene rings is 2. The number of carbonyl (C=O) groups is 1. The lowest BCUT2D eigenvalue weighted by Gasteiger charge is -2.27. The Bertz CT molecular complexity index is 1490. The maximum Gasteiger partial charge on any atom is 0.411 e. The number of hydrogen-bond acceptors (Lipinski definition) is 6. The van der Waals surface area contributed by atoms with Gasteiger partial charge in [-0.25, -0.2) is 13.8 Å². The number of halogens is 5. The molecule has 0 radical (unpaired) electrons. The molecule has 198 valence electrons. The van der Waals surface area contributed by atoms with Crippen molar-refractivity contribution in [3.63, 3.8) is 0 Å². The van der Waals surface area contributed by atoms with Gasteiger partial charge in [-0.05, 0) is 34.9 Å². The Labute approximate surface area is 217 Å². The quantitative estimate of drug-likeness (QED) is 0.247. The van der Waals surface area contributed by atoms with E-state index in [-0.39, 0.29) is 16.3 Å². The Morgan fingerprint density at radius 1 is 1.08 bits per heavy atom. The SMILES string of the molecule is COc1ccc(C2NC(=O)c3sc4nc(C(F)F)cc(-c5ccccc5)c4c3N2)cc1COCC(F)(F)F. The second-order valence-corrected chi connectivity index (χ2v) is 9.48. The van der Waals surface area contributed by atoms with Crippen LogP contribution in [0.2, 0.25) is 0 Å². The molecule has 1 aliphatic heterocycles. The average Bonchev–Trinajstić information content (AvgIpc) is 3.27. The maximum absolute atomic E-state index is 13.7. The van der Waals surface area contributed by atoms with Crippen molar-refractivity contribution < 1.29 is 36.2 Å². The summed E-state index contributed by atoms with van der Waals surface area (Å²) < 4.78 is 75.0. The van der Waals surface area contributed by atoms with Gasteiger partial charge in [0.25, 0.3) is 12.3 Å². The first-order valence-electron chi connectivity index (χ1n) is 11.3. The average molecular weight is 550 g/mol. The van der Waals surface area contributed by atoms with Crippen molar-refractivity contribution in [2.24, 2.45) is 0 Å². The minimum atomic E-state index is -4.48. The molecule has 0 aliphatic carbocycles. The summed E-state index contributed by atoms with van der Waals surface area (Å²) >= 11 is 1.00. The van der Waals surface area contributed by atoms with E-state index in [1.54, 1.807) is 48.5 Å². The van der Waals surface area contributed by atoms with Gasteiger partial charge in [0.1, 0.15) is 33.9 Å². The predicted molar refractivity (Wildman–Crippen MR) is 133 cm³/mol. The first-order valence-corrected chi connectivity index (χ1v) is 12.2. The van der Waals surface area contributed by atoms with Gasteiger partial charge in [-0.15, -0.1) is 11.3 Å². The number of alkyl halides is 5. The third kappa shape index (κ3) is 5.14. The van der Waals surface area contributed by atoms with E-state index in [2.05, 4.69) is 15.6 Å². The predicted octanol–water partition coefficient (Wildman–Crippen LogP) is 6.84. The number of methoxy groups -OCH3 is 1. The Morgan fingerprint density at radius 3 is 2.53 bits per heavy atom. The molecule has 2 aromatic heterocycles. The first-order chi connectivity index (χ1) is 18.1. The highest BCUT2D eigenvalue weighted by Crippen LogP contribution is 2.45. The Balaban J connectivity index is 1.55. The van der Waals surface area contributed by atoms with E-state index in [1.165, 1.54) is 13.2 Å². The van der Waals surface area contributed by atoms with Gasteiger partial charge in [0, 0.05) is 10.9 Å². The number of anilines is 1. The summed E-state index contributed by atoms with van der Waals surface area (Å²) in [4.78, 5) is 17.8. The van der Waals surface area contributed by atoms with Crippen LogP contribution in [0.4, 0.5) is 27.6 Å². The zero-order valence-corrected chi connectivity index (χ0v) is 20.6. The monoisotopic (exact) mass is 549 g/mol. The largest absolute Gasteiger partial charge is 0.496 e. The van der Waals surface area contributed by atoms with Crippen LogP contribution in [0.1, 0.15) is 39.1 Å². The van der Waals surface area contributed by atoms with Gasteiger partial charge < -0.3 is 20.1 Å². The molecule has 12 heteroatoms. The molecule has 38 heavy (non-hydrogen) atoms. The molecule has 0 fully saturated rings. The molecule has 0 saturated heterocycles. The lowest BCUT2D eigenvalue weighted by molar-refractivity contribution is -0.176. The zero-order chi connectivity index (χ0) is 27.0. The van der Waals surface area contributed by atoms with E-state index >= 15 is 0 Å². The second kappa shape index (κ2) is 10.2. The minimum Gasteiger partial charge on any atom is -0.496 e. The van der Waals surface area contributed by atoms with Crippen LogP contribution in [0.3, 0.4) is 0 Å². The minimum absolute atomic E-state index is 0.283. The number of nitrogens with one attached hydrogen (secondary N) is 2. The second-order valence-electron chi connectivity index (χ2n) is 8.48. The van der Waals surface area contributed by atoms with Crippen molar-refractivity contribution in [1.29, 1.82) is 0 Å². The van der Waals surface area contributed by atoms with Crippen LogP contribution in [0.5, 0.6) is 5.75 Å². The van der Waals surface area contributed by atoms with Crippen LogP contribution in [0.15, 0.2) is 54.6 Å². The number of carbonyl (C=O) groups excluding carboxylic acids is 1. The van der Waals surface area contributed by atoms with Gasteiger partial charge >= 0.3 is 6.18 Å². The molecule has 6 nitrogen and oxygen atoms in total. The van der Waals surface area contributed by atoms with Gasteiger partial charge in [0.15, 0.2) is 0 Å². The smallest absolute Gasteiger partial charge is 0.411 e. The van der Waals surface area contributed by atoms with Crippen LogP contribution in [-0.4, -0.2) is 30.8 Å². The van der Waals surface area contributed by atoms with Gasteiger partial charge in [0.2, 0.25) is 0 Å². The number of pyridine rings is 1. The molecular weight excluding hydrogens is 529 g/mol. The molecule has 1 aliphatic rings. The molecule has 0 bridgehead atoms. The lowest BCUT2D eigenvalue weighted by atomic mass is 10.00. The number of ether oxygens (including phenoxy) is 2. The molecule has 3 heterocycles. The maximum atomic E-state index is 13.7. The van der Waals surface area contributed by atoms with Crippen molar-refractivity contribution in [3.8, 4) is 16.9 Å². The van der Waals surface area contributed by atoms with Crippen LogP contribution < -0.4 is 15.4 Å². The molecular formula is C26H20F5N3O3S. The molecule has 2 N–H and O–H groups in total. The molecule has 5 rings (SSSR count). The van der Waals surface area contributed by atoms with E-state index in [0.29, 0.717) is 39.1 Å². The van der Waals surface area contributed by atoms with E-state index in [1.807, 2.05) is 0 Å². The fourth-order valence-electron chi connectivity index (χ4n) is 4.28. The summed E-state index contributed by atoms with van der Waals surface area (Å²) in [5.41, 5.74) is 2.12. The van der Waals surface area contributed by atoms with E-state index in [0.717, 1.165) is 11.3 Å². The first kappa shape index (κ1) is 25.9. The van der Waals surface area contributed by atoms with Crippen LogP contribution in [0, 0.1) is 0 Å². The molecule has 1 atom stereocenters. The molecule has 2 aromatic carbocycles. The van der Waals surface area contributed by atoms with Crippen molar-refractivity contribution in [1.82, 2.24) is 10.3 Å². The molecule has 4 aromatic rings. The summed E-state index contributed by atoms with van der Waals surface area (Å²) in [5.74, 6) is -0.107. The Hall–Kier alpha value is -3.77. The van der Waals surface area contributed by atoms with Gasteiger partial charge in [0.05, 0.1) is 19.4 Å². The van der Waals surface area contributed by atoms with Gasteiger partial charge in [-0.1, -0.05) is 36.4 Å². The summed E-state index contributed by atoms with van der Waals surface area (Å²) in [6.45, 7) is -1.78. The highest BCUT2D eigenvalue weighted by molar-refractivity contribution is 7.21. The number of fused-ring (bicyclic) bond motifs is 3. The number of amides is 1. The highest BCUT2D eigenvalue weighted by atomic mass is 32.1. The normalized spacial score (nSPS) is 15.3. The summed E-state index contributed by atoms with van der Waals surface area (Å²) in [6, 6.07) is 15.1. The fourth-order valence-corrected chi connectivity index (χ4v) is 5.36. The summed E-state index contributed by atoms with van der Waals surface area (Å²) in [5, 5.41) is 6.60. The number of rotatable bonds is 7. The van der Waals surface area contributed by atoms with Crippen LogP contribution in [0.25, 0.3) is 21.3 Å². The van der Waals surface area contributed by atoms with Crippen molar-refractivity contribution in [2.45, 2.75) is 25.4 Å². The standard InChI is InChI=1S/C26H20F5N3O3S/c1-36-18-8-7-14(9-15(18)11-37-12-26(29,30)31)23-33-20-19-16(13-5-3-2-4-6-13)10-17(22(27)28)32-25(19)38-21(20)24(35)34-23/h2-10,22-23,33H,11-12H2,1H3,(H,34,35). The number of thiophene rings is 1. The van der Waals surface area contributed by atoms with Crippen LogP contribution in [-0.2, 0) is 11.3 Å². The van der Waals surface area contributed by atoms with Crippen LogP contribution >= 0.6 is 11.3 Å². The van der Waals surface area contributed by atoms with E-state index < -0.39 is 37.0 Å². The zero-order valence-electron chi connectivity index (χ0n) is 19.7. The number of hydrogen-bond donors (Lipinski definition) is 2. The molecule has 1 unspecified atom stereocenters. The lowest BCUT2D eigenvalue weighted by Crippen LogP contribution is -2.37.